The van der Waals surface area contributed by atoms with Crippen LogP contribution in [0.4, 0.5) is 0 Å². The van der Waals surface area contributed by atoms with Crippen LogP contribution in [0.15, 0.2) is 54.6 Å². The standard InChI is InChI=1S/C24H29NO/c1-3-4-5-7-14-20(17-26)24(19-12-8-6-9-13-19)23-18(2)25-22-16-11-10-15-21(22)23/h6,8-13,15-17,20,24-25H,3-5,7,14H2,1-2H3/t20-,24+/m1/s1. The van der Waals surface area contributed by atoms with Gasteiger partial charge in [-0.25, -0.2) is 0 Å². The smallest absolute Gasteiger partial charge is 0.124 e. The molecule has 0 aliphatic carbocycles. The molecule has 3 rings (SSSR count). The number of unbranched alkanes of at least 4 members (excludes halogenated alkanes) is 3. The SMILES string of the molecule is CCCCCC[C@H](C=O)[C@H](c1ccccc1)c1c(C)[nH]c2ccccc12. The molecule has 0 aliphatic heterocycles. The molecule has 1 aromatic heterocycles. The Labute approximate surface area is 156 Å². The zero-order chi connectivity index (χ0) is 18.4. The maximum Gasteiger partial charge on any atom is 0.124 e. The lowest BCUT2D eigenvalue weighted by atomic mass is 9.78. The van der Waals surface area contributed by atoms with E-state index in [9.17, 15) is 4.79 Å². The van der Waals surface area contributed by atoms with Gasteiger partial charge >= 0.3 is 0 Å². The van der Waals surface area contributed by atoms with Gasteiger partial charge in [-0.05, 0) is 30.5 Å². The summed E-state index contributed by atoms with van der Waals surface area (Å²) in [6.07, 6.45) is 6.91. The van der Waals surface area contributed by atoms with Crippen molar-refractivity contribution in [3.63, 3.8) is 0 Å². The van der Waals surface area contributed by atoms with Crippen molar-refractivity contribution in [3.05, 3.63) is 71.4 Å². The van der Waals surface area contributed by atoms with Gasteiger partial charge in [-0.1, -0.05) is 81.1 Å². The Bertz CT molecular complexity index is 834. The van der Waals surface area contributed by atoms with E-state index in [1.165, 1.54) is 47.8 Å². The zero-order valence-corrected chi connectivity index (χ0v) is 15.9. The number of carbonyl (C=O) groups excluding carboxylic acids is 1. The molecule has 0 saturated carbocycles. The monoisotopic (exact) mass is 347 g/mol. The van der Waals surface area contributed by atoms with Gasteiger partial charge in [0.2, 0.25) is 0 Å². The molecule has 2 heteroatoms. The molecular formula is C24H29NO. The number of fused-ring (bicyclic) bond motifs is 1. The minimum atomic E-state index is 0.00663. The van der Waals surface area contributed by atoms with E-state index in [0.29, 0.717) is 0 Å². The Morgan fingerprint density at radius 3 is 2.42 bits per heavy atom. The summed E-state index contributed by atoms with van der Waals surface area (Å²) in [7, 11) is 0. The van der Waals surface area contributed by atoms with Crippen LogP contribution >= 0.6 is 0 Å². The van der Waals surface area contributed by atoms with Crippen molar-refractivity contribution in [3.8, 4) is 0 Å². The predicted octanol–water partition coefficient (Wildman–Crippen LogP) is 6.39. The van der Waals surface area contributed by atoms with Crippen LogP contribution in [-0.2, 0) is 4.79 Å². The summed E-state index contributed by atoms with van der Waals surface area (Å²) in [4.78, 5) is 15.6. The molecule has 136 valence electrons. The Balaban J connectivity index is 2.03. The molecule has 2 nitrogen and oxygen atoms in total. The molecule has 2 atom stereocenters. The van der Waals surface area contributed by atoms with Gasteiger partial charge in [0, 0.05) is 28.4 Å². The van der Waals surface area contributed by atoms with Crippen LogP contribution in [-0.4, -0.2) is 11.3 Å². The van der Waals surface area contributed by atoms with E-state index in [0.717, 1.165) is 18.4 Å². The number of aromatic nitrogens is 1. The molecule has 3 aromatic rings. The summed E-state index contributed by atoms with van der Waals surface area (Å²) in [6, 6.07) is 18.9. The number of hydrogen-bond acceptors (Lipinski definition) is 1. The Morgan fingerprint density at radius 2 is 1.69 bits per heavy atom. The van der Waals surface area contributed by atoms with Crippen molar-refractivity contribution in [2.24, 2.45) is 5.92 Å². The highest BCUT2D eigenvalue weighted by Gasteiger charge is 2.28. The van der Waals surface area contributed by atoms with E-state index < -0.39 is 0 Å². The number of aromatic amines is 1. The zero-order valence-electron chi connectivity index (χ0n) is 15.9. The fourth-order valence-corrected chi connectivity index (χ4v) is 4.11. The van der Waals surface area contributed by atoms with Gasteiger partial charge in [0.1, 0.15) is 6.29 Å². The second kappa shape index (κ2) is 8.84. The average Bonchev–Trinajstić information content (AvgIpc) is 3.00. The quantitative estimate of drug-likeness (QED) is 0.353. The maximum atomic E-state index is 12.1. The van der Waals surface area contributed by atoms with E-state index in [4.69, 9.17) is 0 Å². The van der Waals surface area contributed by atoms with E-state index in [2.05, 4.69) is 67.4 Å². The molecule has 2 aromatic carbocycles. The molecule has 0 fully saturated rings. The highest BCUT2D eigenvalue weighted by Crippen LogP contribution is 2.39. The third-order valence-electron chi connectivity index (χ3n) is 5.41. The molecule has 0 aliphatic rings. The van der Waals surface area contributed by atoms with Crippen LogP contribution in [0.3, 0.4) is 0 Å². The van der Waals surface area contributed by atoms with Gasteiger partial charge in [0.05, 0.1) is 0 Å². The van der Waals surface area contributed by atoms with Gasteiger partial charge in [0.25, 0.3) is 0 Å². The number of benzene rings is 2. The number of nitrogens with one attached hydrogen (secondary N) is 1. The van der Waals surface area contributed by atoms with Gasteiger partial charge in [-0.15, -0.1) is 0 Å². The average molecular weight is 348 g/mol. The summed E-state index contributed by atoms with van der Waals surface area (Å²) in [5.41, 5.74) is 4.82. The lowest BCUT2D eigenvalue weighted by molar-refractivity contribution is -0.111. The van der Waals surface area contributed by atoms with E-state index in [1.54, 1.807) is 0 Å². The third-order valence-corrected chi connectivity index (χ3v) is 5.41. The number of para-hydroxylation sites is 1. The summed E-state index contributed by atoms with van der Waals surface area (Å²) >= 11 is 0. The fourth-order valence-electron chi connectivity index (χ4n) is 4.11. The first-order chi connectivity index (χ1) is 12.8. The van der Waals surface area contributed by atoms with Gasteiger partial charge in [-0.3, -0.25) is 0 Å². The van der Waals surface area contributed by atoms with Crippen molar-refractivity contribution in [1.29, 1.82) is 0 Å². The highest BCUT2D eigenvalue weighted by molar-refractivity contribution is 5.86. The molecular weight excluding hydrogens is 318 g/mol. The van der Waals surface area contributed by atoms with Crippen molar-refractivity contribution >= 4 is 17.2 Å². The summed E-state index contributed by atoms with van der Waals surface area (Å²) in [5, 5.41) is 1.24. The molecule has 0 spiro atoms. The highest BCUT2D eigenvalue weighted by atomic mass is 16.1. The molecule has 0 unspecified atom stereocenters. The minimum absolute atomic E-state index is 0.00663. The number of aldehydes is 1. The van der Waals surface area contributed by atoms with Gasteiger partial charge in [0.15, 0.2) is 0 Å². The normalized spacial score (nSPS) is 13.6. The lowest BCUT2D eigenvalue weighted by Crippen LogP contribution is -2.17. The largest absolute Gasteiger partial charge is 0.358 e. The molecule has 0 amide bonds. The summed E-state index contributed by atoms with van der Waals surface area (Å²) in [6.45, 7) is 4.35. The molecule has 0 radical (unpaired) electrons. The van der Waals surface area contributed by atoms with Gasteiger partial charge < -0.3 is 9.78 Å². The summed E-state index contributed by atoms with van der Waals surface area (Å²) in [5.74, 6) is 0.110. The first kappa shape index (κ1) is 18.4. The Kier molecular flexibility index (Phi) is 6.27. The van der Waals surface area contributed by atoms with Crippen molar-refractivity contribution < 1.29 is 4.79 Å². The first-order valence-corrected chi connectivity index (χ1v) is 9.83. The third kappa shape index (κ3) is 3.90. The fraction of sp³-hybridized carbons (Fsp3) is 0.375. The van der Waals surface area contributed by atoms with E-state index >= 15 is 0 Å². The van der Waals surface area contributed by atoms with Crippen LogP contribution in [0.25, 0.3) is 10.9 Å². The lowest BCUT2D eigenvalue weighted by Gasteiger charge is -2.24. The van der Waals surface area contributed by atoms with Crippen molar-refractivity contribution in [2.45, 2.75) is 51.9 Å². The van der Waals surface area contributed by atoms with Crippen LogP contribution in [0.2, 0.25) is 0 Å². The van der Waals surface area contributed by atoms with Crippen LogP contribution < -0.4 is 0 Å². The minimum Gasteiger partial charge on any atom is -0.358 e. The van der Waals surface area contributed by atoms with Gasteiger partial charge in [-0.2, -0.15) is 0 Å². The van der Waals surface area contributed by atoms with Crippen molar-refractivity contribution in [2.75, 3.05) is 0 Å². The first-order valence-electron chi connectivity index (χ1n) is 9.83. The number of H-pyrrole nitrogens is 1. The van der Waals surface area contributed by atoms with Crippen LogP contribution in [0.1, 0.15) is 61.8 Å². The predicted molar refractivity (Wildman–Crippen MR) is 110 cm³/mol. The second-order valence-corrected chi connectivity index (χ2v) is 7.25. The Morgan fingerprint density at radius 1 is 0.962 bits per heavy atom. The second-order valence-electron chi connectivity index (χ2n) is 7.25. The summed E-state index contributed by atoms with van der Waals surface area (Å²) < 4.78 is 0. The number of rotatable bonds is 9. The number of aryl methyl sites for hydroxylation is 1. The van der Waals surface area contributed by atoms with Crippen LogP contribution in [0.5, 0.6) is 0 Å². The molecule has 26 heavy (non-hydrogen) atoms. The topological polar surface area (TPSA) is 32.9 Å². The van der Waals surface area contributed by atoms with E-state index in [1.807, 2.05) is 6.07 Å². The van der Waals surface area contributed by atoms with Crippen molar-refractivity contribution in [1.82, 2.24) is 4.98 Å². The molecule has 1 N–H and O–H groups in total. The van der Waals surface area contributed by atoms with Crippen LogP contribution in [0, 0.1) is 12.8 Å². The maximum absolute atomic E-state index is 12.1. The molecule has 0 bridgehead atoms. The molecule has 1 heterocycles. The molecule has 0 saturated heterocycles. The number of hydrogen-bond donors (Lipinski definition) is 1. The Hall–Kier alpha value is -2.35. The number of carbonyl (C=O) groups is 1. The van der Waals surface area contributed by atoms with E-state index in [-0.39, 0.29) is 11.8 Å².